The monoisotopic (exact) mass is 226 g/mol. The molecule has 1 atom stereocenters. The molecule has 5 nitrogen and oxygen atoms in total. The second-order valence-electron chi connectivity index (χ2n) is 5.18. The highest BCUT2D eigenvalue weighted by Crippen LogP contribution is 2.26. The van der Waals surface area contributed by atoms with Gasteiger partial charge in [0, 0.05) is 25.9 Å². The maximum Gasteiger partial charge on any atom is 0.171 e. The first-order valence-electron chi connectivity index (χ1n) is 5.51. The second-order valence-corrected chi connectivity index (χ2v) is 5.18. The number of nitrogens with two attached hydrogens (primary N) is 1. The first kappa shape index (κ1) is 12.8. The third-order valence-electron chi connectivity index (χ3n) is 2.63. The molecule has 0 radical (unpaired) electrons. The Labute approximate surface area is 96.6 Å². The maximum atomic E-state index is 9.06. The molecule has 1 aromatic rings. The Hall–Kier alpha value is -1.23. The van der Waals surface area contributed by atoms with Gasteiger partial charge in [0.15, 0.2) is 5.82 Å². The van der Waals surface area contributed by atoms with Crippen molar-refractivity contribution in [2.24, 2.45) is 12.5 Å². The van der Waals surface area contributed by atoms with Gasteiger partial charge >= 0.3 is 0 Å². The van der Waals surface area contributed by atoms with E-state index >= 15 is 0 Å². The van der Waals surface area contributed by atoms with Crippen LogP contribution in [0.25, 0.3) is 0 Å². The van der Waals surface area contributed by atoms with Gasteiger partial charge in [0.1, 0.15) is 0 Å². The minimum absolute atomic E-state index is 0.0483. The lowest BCUT2D eigenvalue weighted by Crippen LogP contribution is -2.35. The van der Waals surface area contributed by atoms with Crippen LogP contribution in [-0.2, 0) is 7.05 Å². The molecule has 0 bridgehead atoms. The molecular formula is C11H22N4O. The van der Waals surface area contributed by atoms with Crippen molar-refractivity contribution in [2.45, 2.75) is 33.2 Å². The van der Waals surface area contributed by atoms with Gasteiger partial charge in [-0.05, 0) is 11.8 Å². The van der Waals surface area contributed by atoms with E-state index in [1.807, 2.05) is 7.05 Å². The number of hydrogen-bond donors (Lipinski definition) is 3. The number of aliphatic hydroxyl groups is 1. The number of hydrogen-bond acceptors (Lipinski definition) is 4. The summed E-state index contributed by atoms with van der Waals surface area (Å²) in [7, 11) is 1.83. The zero-order chi connectivity index (χ0) is 12.3. The molecule has 0 aliphatic carbocycles. The lowest BCUT2D eigenvalue weighted by atomic mass is 9.85. The molecule has 0 aliphatic rings. The van der Waals surface area contributed by atoms with Gasteiger partial charge in [-0.2, -0.15) is 5.10 Å². The first-order chi connectivity index (χ1) is 7.34. The molecule has 5 heteroatoms. The Kier molecular flexibility index (Phi) is 3.80. The predicted molar refractivity (Wildman–Crippen MR) is 66.2 cm³/mol. The van der Waals surface area contributed by atoms with Crippen molar-refractivity contribution in [1.82, 2.24) is 9.78 Å². The number of aromatic nitrogens is 2. The van der Waals surface area contributed by atoms with E-state index in [2.05, 4.69) is 31.2 Å². The van der Waals surface area contributed by atoms with Gasteiger partial charge in [-0.25, -0.2) is 0 Å². The number of aliphatic hydroxyl groups excluding tert-OH is 1. The van der Waals surface area contributed by atoms with Crippen LogP contribution in [-0.4, -0.2) is 27.5 Å². The van der Waals surface area contributed by atoms with Crippen molar-refractivity contribution < 1.29 is 5.11 Å². The number of nitrogens with zero attached hydrogens (tertiary/aromatic N) is 2. The summed E-state index contributed by atoms with van der Waals surface area (Å²) in [5, 5.41) is 16.6. The highest BCUT2D eigenvalue weighted by molar-refractivity contribution is 5.60. The predicted octanol–water partition coefficient (Wildman–Crippen LogP) is 1.21. The van der Waals surface area contributed by atoms with Gasteiger partial charge in [-0.15, -0.1) is 0 Å². The van der Waals surface area contributed by atoms with Crippen LogP contribution in [0.2, 0.25) is 0 Å². The molecule has 16 heavy (non-hydrogen) atoms. The molecule has 1 rings (SSSR count). The summed E-state index contributed by atoms with van der Waals surface area (Å²) < 4.78 is 1.68. The highest BCUT2D eigenvalue weighted by Gasteiger charge is 2.25. The zero-order valence-electron chi connectivity index (χ0n) is 10.5. The van der Waals surface area contributed by atoms with Crippen LogP contribution in [0.15, 0.2) is 6.20 Å². The van der Waals surface area contributed by atoms with E-state index in [1.54, 1.807) is 10.9 Å². The second kappa shape index (κ2) is 4.74. The molecular weight excluding hydrogens is 204 g/mol. The molecule has 92 valence electrons. The molecule has 1 aromatic heterocycles. The Morgan fingerprint density at radius 3 is 2.56 bits per heavy atom. The van der Waals surface area contributed by atoms with Crippen molar-refractivity contribution in [1.29, 1.82) is 0 Å². The zero-order valence-corrected chi connectivity index (χ0v) is 10.5. The number of nitrogens with one attached hydrogen (secondary N) is 1. The number of rotatable bonds is 4. The SMILES string of the molecule is Cn1cc(N)c(NC(CCO)C(C)(C)C)n1. The largest absolute Gasteiger partial charge is 0.396 e. The van der Waals surface area contributed by atoms with Crippen LogP contribution in [0.4, 0.5) is 11.5 Å². The fourth-order valence-electron chi connectivity index (χ4n) is 1.63. The van der Waals surface area contributed by atoms with Crippen molar-refractivity contribution in [2.75, 3.05) is 17.7 Å². The average molecular weight is 226 g/mol. The van der Waals surface area contributed by atoms with Crippen LogP contribution < -0.4 is 11.1 Å². The van der Waals surface area contributed by atoms with E-state index in [0.717, 1.165) is 0 Å². The minimum atomic E-state index is 0.0483. The Balaban J connectivity index is 2.79. The van der Waals surface area contributed by atoms with Crippen molar-refractivity contribution >= 4 is 11.5 Å². The molecule has 0 aliphatic heterocycles. The fraction of sp³-hybridized carbons (Fsp3) is 0.727. The standard InChI is InChI=1S/C11H22N4O/c1-11(2,3)9(5-6-16)13-10-8(12)7-15(4)14-10/h7,9,16H,5-6,12H2,1-4H3,(H,13,14). The topological polar surface area (TPSA) is 76.1 Å². The van der Waals surface area contributed by atoms with E-state index in [-0.39, 0.29) is 18.1 Å². The van der Waals surface area contributed by atoms with Crippen molar-refractivity contribution in [3.05, 3.63) is 6.20 Å². The summed E-state index contributed by atoms with van der Waals surface area (Å²) in [4.78, 5) is 0. The van der Waals surface area contributed by atoms with E-state index < -0.39 is 0 Å². The molecule has 0 aromatic carbocycles. The summed E-state index contributed by atoms with van der Waals surface area (Å²) >= 11 is 0. The Morgan fingerprint density at radius 2 is 2.19 bits per heavy atom. The number of nitrogen functional groups attached to an aromatic ring is 1. The fourth-order valence-corrected chi connectivity index (χ4v) is 1.63. The Morgan fingerprint density at radius 1 is 1.56 bits per heavy atom. The molecule has 0 spiro atoms. The number of anilines is 2. The molecule has 0 amide bonds. The van der Waals surface area contributed by atoms with Crippen LogP contribution in [0.1, 0.15) is 27.2 Å². The lowest BCUT2D eigenvalue weighted by molar-refractivity contribution is 0.235. The van der Waals surface area contributed by atoms with Crippen LogP contribution >= 0.6 is 0 Å². The van der Waals surface area contributed by atoms with E-state index in [1.165, 1.54) is 0 Å². The van der Waals surface area contributed by atoms with Gasteiger partial charge in [-0.1, -0.05) is 20.8 Å². The van der Waals surface area contributed by atoms with Crippen LogP contribution in [0.5, 0.6) is 0 Å². The van der Waals surface area contributed by atoms with E-state index in [4.69, 9.17) is 10.8 Å². The highest BCUT2D eigenvalue weighted by atomic mass is 16.3. The maximum absolute atomic E-state index is 9.06. The summed E-state index contributed by atoms with van der Waals surface area (Å²) in [5.41, 5.74) is 6.50. The minimum Gasteiger partial charge on any atom is -0.396 e. The van der Waals surface area contributed by atoms with Crippen molar-refractivity contribution in [3.63, 3.8) is 0 Å². The molecule has 0 saturated heterocycles. The smallest absolute Gasteiger partial charge is 0.171 e. The molecule has 0 fully saturated rings. The summed E-state index contributed by atoms with van der Waals surface area (Å²) in [6.45, 7) is 6.53. The molecule has 1 heterocycles. The van der Waals surface area contributed by atoms with Crippen LogP contribution in [0, 0.1) is 5.41 Å². The van der Waals surface area contributed by atoms with E-state index in [9.17, 15) is 0 Å². The quantitative estimate of drug-likeness (QED) is 0.721. The van der Waals surface area contributed by atoms with Gasteiger partial charge in [0.25, 0.3) is 0 Å². The summed E-state index contributed by atoms with van der Waals surface area (Å²) in [6, 6.07) is 0.148. The molecule has 1 unspecified atom stereocenters. The van der Waals surface area contributed by atoms with Gasteiger partial charge < -0.3 is 16.2 Å². The lowest BCUT2D eigenvalue weighted by Gasteiger charge is -2.31. The van der Waals surface area contributed by atoms with Crippen molar-refractivity contribution in [3.8, 4) is 0 Å². The third kappa shape index (κ3) is 3.13. The van der Waals surface area contributed by atoms with Crippen LogP contribution in [0.3, 0.4) is 0 Å². The van der Waals surface area contributed by atoms with Gasteiger partial charge in [0.2, 0.25) is 0 Å². The van der Waals surface area contributed by atoms with Gasteiger partial charge in [0.05, 0.1) is 5.69 Å². The average Bonchev–Trinajstić information content (AvgIpc) is 2.43. The first-order valence-corrected chi connectivity index (χ1v) is 5.51. The van der Waals surface area contributed by atoms with E-state index in [0.29, 0.717) is 17.9 Å². The van der Waals surface area contributed by atoms with Gasteiger partial charge in [-0.3, -0.25) is 4.68 Å². The normalized spacial score (nSPS) is 13.8. The summed E-state index contributed by atoms with van der Waals surface area (Å²) in [5.74, 6) is 0.691. The number of aryl methyl sites for hydroxylation is 1. The third-order valence-corrected chi connectivity index (χ3v) is 2.63. The summed E-state index contributed by atoms with van der Waals surface area (Å²) in [6.07, 6.45) is 2.44. The molecule has 4 N–H and O–H groups in total. The Bertz CT molecular complexity index is 340. The molecule has 0 saturated carbocycles.